The fourth-order valence-electron chi connectivity index (χ4n) is 2.83. The predicted molar refractivity (Wildman–Crippen MR) is 119 cm³/mol. The summed E-state index contributed by atoms with van der Waals surface area (Å²) in [7, 11) is 0. The fourth-order valence-corrected chi connectivity index (χ4v) is 2.83. The molecule has 0 aliphatic heterocycles. The molecule has 1 heterocycles. The molecule has 0 spiro atoms. The van der Waals surface area contributed by atoms with Crippen molar-refractivity contribution in [2.75, 3.05) is 30.3 Å². The van der Waals surface area contributed by atoms with E-state index in [1.807, 2.05) is 50.2 Å². The van der Waals surface area contributed by atoms with Crippen molar-refractivity contribution >= 4 is 17.5 Å². The van der Waals surface area contributed by atoms with Crippen LogP contribution in [-0.2, 0) is 6.42 Å². The zero-order valence-electron chi connectivity index (χ0n) is 17.3. The molecule has 0 atom stereocenters. The molecule has 0 bridgehead atoms. The highest BCUT2D eigenvalue weighted by atomic mass is 16.5. The zero-order valence-corrected chi connectivity index (χ0v) is 17.3. The molecule has 2 amide bonds. The first-order valence-electron chi connectivity index (χ1n) is 9.95. The first-order chi connectivity index (χ1) is 14.6. The number of carbonyl (C=O) groups excluding carboxylic acids is 1. The average molecular weight is 406 g/mol. The molecular formula is C23H27N5O2. The van der Waals surface area contributed by atoms with Gasteiger partial charge in [-0.25, -0.2) is 9.78 Å². The second kappa shape index (κ2) is 10.9. The Morgan fingerprint density at radius 1 is 0.967 bits per heavy atom. The zero-order chi connectivity index (χ0) is 21.2. The van der Waals surface area contributed by atoms with Gasteiger partial charge in [0.25, 0.3) is 0 Å². The lowest BCUT2D eigenvalue weighted by Crippen LogP contribution is -2.24. The van der Waals surface area contributed by atoms with Gasteiger partial charge in [0, 0.05) is 6.54 Å². The van der Waals surface area contributed by atoms with E-state index in [4.69, 9.17) is 4.74 Å². The molecule has 0 unspecified atom stereocenters. The molecule has 1 aromatic heterocycles. The number of ether oxygens (including phenoxy) is 1. The smallest absolute Gasteiger partial charge is 0.324 e. The number of rotatable bonds is 9. The van der Waals surface area contributed by atoms with Crippen molar-refractivity contribution in [1.29, 1.82) is 0 Å². The fraction of sp³-hybridized carbons (Fsp3) is 0.261. The third-order valence-corrected chi connectivity index (χ3v) is 4.38. The molecule has 0 aliphatic rings. The summed E-state index contributed by atoms with van der Waals surface area (Å²) in [5.41, 5.74) is 3.72. The third-order valence-electron chi connectivity index (χ3n) is 4.38. The lowest BCUT2D eigenvalue weighted by Gasteiger charge is -2.14. The van der Waals surface area contributed by atoms with E-state index in [0.29, 0.717) is 30.4 Å². The second-order valence-corrected chi connectivity index (χ2v) is 6.96. The maximum absolute atomic E-state index is 12.3. The van der Waals surface area contributed by atoms with Crippen LogP contribution in [0.15, 0.2) is 60.9 Å². The monoisotopic (exact) mass is 405 g/mol. The van der Waals surface area contributed by atoms with Gasteiger partial charge in [-0.05, 0) is 50.1 Å². The largest absolute Gasteiger partial charge is 0.490 e. The molecule has 0 radical (unpaired) electrons. The molecule has 7 nitrogen and oxygen atoms in total. The van der Waals surface area contributed by atoms with Crippen LogP contribution in [0.2, 0.25) is 0 Å². The summed E-state index contributed by atoms with van der Waals surface area (Å²) in [6.07, 6.45) is 4.09. The van der Waals surface area contributed by atoms with Gasteiger partial charge in [-0.3, -0.25) is 10.3 Å². The van der Waals surface area contributed by atoms with E-state index in [9.17, 15) is 4.79 Å². The molecule has 7 heteroatoms. The number of carbonyl (C=O) groups is 1. The van der Waals surface area contributed by atoms with E-state index in [1.165, 1.54) is 11.8 Å². The summed E-state index contributed by atoms with van der Waals surface area (Å²) >= 11 is 0. The standard InChI is InChI=1S/C23H27N5O2/c1-17-8-9-21(30-13-12-24-11-10-19-6-4-3-5-7-19)20(14-17)27-23(29)28-22-16-25-18(2)15-26-22/h3-9,14-16,24H,10-13H2,1-2H3,(H2,26,27,28,29). The van der Waals surface area contributed by atoms with Crippen LogP contribution < -0.4 is 20.7 Å². The number of benzene rings is 2. The summed E-state index contributed by atoms with van der Waals surface area (Å²) in [4.78, 5) is 20.6. The first-order valence-corrected chi connectivity index (χ1v) is 9.95. The van der Waals surface area contributed by atoms with Gasteiger partial charge in [0.1, 0.15) is 12.4 Å². The van der Waals surface area contributed by atoms with Crippen LogP contribution in [0.5, 0.6) is 5.75 Å². The predicted octanol–water partition coefficient (Wildman–Crippen LogP) is 3.95. The Morgan fingerprint density at radius 3 is 2.57 bits per heavy atom. The molecular weight excluding hydrogens is 378 g/mol. The second-order valence-electron chi connectivity index (χ2n) is 6.96. The van der Waals surface area contributed by atoms with E-state index >= 15 is 0 Å². The van der Waals surface area contributed by atoms with Gasteiger partial charge in [-0.15, -0.1) is 0 Å². The number of urea groups is 1. The van der Waals surface area contributed by atoms with Gasteiger partial charge in [-0.1, -0.05) is 36.4 Å². The molecule has 0 saturated heterocycles. The summed E-state index contributed by atoms with van der Waals surface area (Å²) in [5.74, 6) is 1.01. The Labute approximate surface area is 176 Å². The minimum Gasteiger partial charge on any atom is -0.490 e. The highest BCUT2D eigenvalue weighted by Crippen LogP contribution is 2.25. The van der Waals surface area contributed by atoms with Crippen LogP contribution in [0.1, 0.15) is 16.8 Å². The number of hydrogen-bond donors (Lipinski definition) is 3. The van der Waals surface area contributed by atoms with Gasteiger partial charge < -0.3 is 15.4 Å². The quantitative estimate of drug-likeness (QED) is 0.469. The van der Waals surface area contributed by atoms with Gasteiger partial charge >= 0.3 is 6.03 Å². The Balaban J connectivity index is 1.47. The van der Waals surface area contributed by atoms with Crippen LogP contribution in [-0.4, -0.2) is 35.7 Å². The molecule has 30 heavy (non-hydrogen) atoms. The first kappa shape index (κ1) is 21.3. The van der Waals surface area contributed by atoms with Crippen molar-refractivity contribution in [2.45, 2.75) is 20.3 Å². The lowest BCUT2D eigenvalue weighted by molar-refractivity contribution is 0.261. The third kappa shape index (κ3) is 6.86. The van der Waals surface area contributed by atoms with Gasteiger partial charge in [0.05, 0.1) is 23.8 Å². The SMILES string of the molecule is Cc1ccc(OCCNCCc2ccccc2)c(NC(=O)Nc2cnc(C)cn2)c1. The van der Waals surface area contributed by atoms with Crippen molar-refractivity contribution in [3.05, 3.63) is 77.7 Å². The topological polar surface area (TPSA) is 88.2 Å². The Kier molecular flexibility index (Phi) is 7.74. The van der Waals surface area contributed by atoms with E-state index in [-0.39, 0.29) is 0 Å². The maximum atomic E-state index is 12.3. The molecule has 0 aliphatic carbocycles. The van der Waals surface area contributed by atoms with Crippen molar-refractivity contribution < 1.29 is 9.53 Å². The molecule has 3 N–H and O–H groups in total. The minimum absolute atomic E-state index is 0.385. The van der Waals surface area contributed by atoms with Crippen molar-refractivity contribution in [3.8, 4) is 5.75 Å². The number of amides is 2. The van der Waals surface area contributed by atoms with Gasteiger partial charge in [0.2, 0.25) is 0 Å². The van der Waals surface area contributed by atoms with Crippen molar-refractivity contribution in [3.63, 3.8) is 0 Å². The van der Waals surface area contributed by atoms with E-state index in [1.54, 1.807) is 6.20 Å². The number of anilines is 2. The average Bonchev–Trinajstić information content (AvgIpc) is 2.74. The van der Waals surface area contributed by atoms with Crippen LogP contribution in [0.3, 0.4) is 0 Å². The molecule has 0 fully saturated rings. The minimum atomic E-state index is -0.399. The van der Waals surface area contributed by atoms with Crippen LogP contribution >= 0.6 is 0 Å². The van der Waals surface area contributed by atoms with Crippen LogP contribution in [0.4, 0.5) is 16.3 Å². The number of aryl methyl sites for hydroxylation is 2. The van der Waals surface area contributed by atoms with Crippen molar-refractivity contribution in [1.82, 2.24) is 15.3 Å². The molecule has 2 aromatic carbocycles. The summed E-state index contributed by atoms with van der Waals surface area (Å²) in [5, 5.41) is 8.87. The van der Waals surface area contributed by atoms with E-state index < -0.39 is 6.03 Å². The highest BCUT2D eigenvalue weighted by molar-refractivity contribution is 6.00. The van der Waals surface area contributed by atoms with Crippen LogP contribution in [0, 0.1) is 13.8 Å². The number of hydrogen-bond acceptors (Lipinski definition) is 5. The number of nitrogens with zero attached hydrogens (tertiary/aromatic N) is 2. The number of nitrogens with one attached hydrogen (secondary N) is 3. The van der Waals surface area contributed by atoms with E-state index in [0.717, 1.165) is 24.2 Å². The Bertz CT molecular complexity index is 946. The highest BCUT2D eigenvalue weighted by Gasteiger charge is 2.09. The summed E-state index contributed by atoms with van der Waals surface area (Å²) in [6.45, 7) is 5.89. The van der Waals surface area contributed by atoms with E-state index in [2.05, 4.69) is 38.1 Å². The van der Waals surface area contributed by atoms with Crippen molar-refractivity contribution in [2.24, 2.45) is 0 Å². The Morgan fingerprint density at radius 2 is 1.80 bits per heavy atom. The molecule has 0 saturated carbocycles. The summed E-state index contributed by atoms with van der Waals surface area (Å²) in [6, 6.07) is 15.6. The molecule has 156 valence electrons. The molecule has 3 rings (SSSR count). The summed E-state index contributed by atoms with van der Waals surface area (Å²) < 4.78 is 5.88. The van der Waals surface area contributed by atoms with Crippen LogP contribution in [0.25, 0.3) is 0 Å². The number of aromatic nitrogens is 2. The van der Waals surface area contributed by atoms with Gasteiger partial charge in [-0.2, -0.15) is 0 Å². The van der Waals surface area contributed by atoms with Gasteiger partial charge in [0.15, 0.2) is 5.82 Å². The Hall–Kier alpha value is -3.45. The molecule has 3 aromatic rings. The lowest BCUT2D eigenvalue weighted by atomic mass is 10.1. The normalized spacial score (nSPS) is 10.5. The maximum Gasteiger partial charge on any atom is 0.324 e.